The van der Waals surface area contributed by atoms with E-state index in [0.29, 0.717) is 16.9 Å². The number of benzene rings is 1. The monoisotopic (exact) mass is 390 g/mol. The van der Waals surface area contributed by atoms with Gasteiger partial charge in [-0.2, -0.15) is 5.87 Å². The van der Waals surface area contributed by atoms with Crippen molar-refractivity contribution in [2.24, 2.45) is 0 Å². The molecule has 1 N–H and O–H groups in total. The van der Waals surface area contributed by atoms with Crippen LogP contribution in [0.5, 0.6) is 0 Å². The van der Waals surface area contributed by atoms with Gasteiger partial charge in [-0.3, -0.25) is 15.4 Å². The summed E-state index contributed by atoms with van der Waals surface area (Å²) < 4.78 is 13.6. The first-order chi connectivity index (χ1) is 13.5. The van der Waals surface area contributed by atoms with E-state index in [1.807, 2.05) is 30.5 Å². The van der Waals surface area contributed by atoms with Crippen molar-refractivity contribution in [1.82, 2.24) is 19.5 Å². The van der Waals surface area contributed by atoms with Crippen LogP contribution in [-0.4, -0.2) is 25.4 Å². The molecule has 0 bridgehead atoms. The zero-order chi connectivity index (χ0) is 19.7. The molecular formula is C21H20N5OS-. The first-order valence-corrected chi connectivity index (χ1v) is 10.2. The molecule has 4 rings (SSSR count). The molecule has 7 heteroatoms. The Morgan fingerprint density at radius 3 is 2.61 bits per heavy atom. The topological polar surface area (TPSA) is 72.7 Å². The Bertz CT molecular complexity index is 1200. The minimum Gasteiger partial charge on any atom is -0.457 e. The van der Waals surface area contributed by atoms with Crippen molar-refractivity contribution in [1.29, 1.82) is 0 Å². The van der Waals surface area contributed by atoms with Crippen molar-refractivity contribution in [3.8, 4) is 11.3 Å². The summed E-state index contributed by atoms with van der Waals surface area (Å²) in [6.07, 6.45) is 7.53. The zero-order valence-electron chi connectivity index (χ0n) is 15.7. The second-order valence-corrected chi connectivity index (χ2v) is 7.86. The zero-order valence-corrected chi connectivity index (χ0v) is 16.5. The van der Waals surface area contributed by atoms with Crippen molar-refractivity contribution in [3.63, 3.8) is 0 Å². The van der Waals surface area contributed by atoms with Gasteiger partial charge in [0.15, 0.2) is 0 Å². The molecule has 3 heterocycles. The van der Waals surface area contributed by atoms with Crippen molar-refractivity contribution in [2.45, 2.75) is 24.8 Å². The number of pyridine rings is 1. The Morgan fingerprint density at radius 2 is 1.89 bits per heavy atom. The highest BCUT2D eigenvalue weighted by Crippen LogP contribution is 2.31. The maximum absolute atomic E-state index is 11.4. The minimum atomic E-state index is -1.24. The summed E-state index contributed by atoms with van der Waals surface area (Å²) in [5, 5.41) is 4.30. The van der Waals surface area contributed by atoms with Gasteiger partial charge in [0.05, 0.1) is 17.4 Å². The highest BCUT2D eigenvalue weighted by molar-refractivity contribution is 7.82. The molecule has 4 aromatic rings. The second kappa shape index (κ2) is 7.44. The van der Waals surface area contributed by atoms with Crippen LogP contribution in [0.2, 0.25) is 0 Å². The van der Waals surface area contributed by atoms with E-state index in [1.165, 1.54) is 0 Å². The Balaban J connectivity index is 1.70. The van der Waals surface area contributed by atoms with Gasteiger partial charge in [-0.1, -0.05) is 12.1 Å². The molecule has 0 aliphatic carbocycles. The fraction of sp³-hybridized carbons (Fsp3) is 0.143. The number of fused-ring (bicyclic) bond motifs is 1. The number of nitrogens with one attached hydrogen (secondary N) is 1. The second-order valence-electron chi connectivity index (χ2n) is 6.70. The molecule has 0 amide bonds. The number of aromatic nitrogens is 4. The van der Waals surface area contributed by atoms with Gasteiger partial charge < -0.3 is 14.1 Å². The molecule has 6 nitrogen and oxygen atoms in total. The van der Waals surface area contributed by atoms with E-state index < -0.39 is 10.4 Å². The lowest BCUT2D eigenvalue weighted by Crippen LogP contribution is -1.98. The summed E-state index contributed by atoms with van der Waals surface area (Å²) >= 11 is 0. The Kier molecular flexibility index (Phi) is 4.83. The molecular weight excluding hydrogens is 370 g/mol. The van der Waals surface area contributed by atoms with Crippen LogP contribution in [0.3, 0.4) is 0 Å². The van der Waals surface area contributed by atoms with E-state index in [9.17, 15) is 4.21 Å². The normalized spacial score (nSPS) is 11.4. The minimum absolute atomic E-state index is 0.317. The lowest BCUT2D eigenvalue weighted by atomic mass is 10.1. The predicted molar refractivity (Wildman–Crippen MR) is 114 cm³/mol. The molecule has 0 aliphatic heterocycles. The average molecular weight is 390 g/mol. The maximum atomic E-state index is 11.4. The van der Waals surface area contributed by atoms with Crippen LogP contribution in [0.4, 0.5) is 11.6 Å². The molecule has 0 radical (unpaired) electrons. The third-order valence-electron chi connectivity index (χ3n) is 4.50. The van der Waals surface area contributed by atoms with Crippen LogP contribution in [-0.2, 0) is 14.6 Å². The predicted octanol–water partition coefficient (Wildman–Crippen LogP) is 4.57. The van der Waals surface area contributed by atoms with E-state index in [2.05, 4.69) is 45.8 Å². The molecule has 0 unspecified atom stereocenters. The summed E-state index contributed by atoms with van der Waals surface area (Å²) in [6, 6.07) is 11.5. The van der Waals surface area contributed by atoms with E-state index in [4.69, 9.17) is 4.98 Å². The lowest BCUT2D eigenvalue weighted by Gasteiger charge is -2.09. The van der Waals surface area contributed by atoms with E-state index in [-0.39, 0.29) is 0 Å². The summed E-state index contributed by atoms with van der Waals surface area (Å²) in [4.78, 5) is 14.0. The van der Waals surface area contributed by atoms with Gasteiger partial charge in [0, 0.05) is 41.3 Å². The Labute approximate surface area is 165 Å². The van der Waals surface area contributed by atoms with Crippen molar-refractivity contribution in [2.75, 3.05) is 5.32 Å². The van der Waals surface area contributed by atoms with Gasteiger partial charge in [-0.15, -0.1) is 4.90 Å². The molecule has 0 saturated carbocycles. The molecule has 0 aliphatic rings. The van der Waals surface area contributed by atoms with Gasteiger partial charge in [-0.05, 0) is 38.1 Å². The van der Waals surface area contributed by atoms with Crippen LogP contribution in [0.1, 0.15) is 19.9 Å². The van der Waals surface area contributed by atoms with Gasteiger partial charge in [0.2, 0.25) is 5.95 Å². The summed E-state index contributed by atoms with van der Waals surface area (Å²) in [6.45, 7) is 4.29. The number of anilines is 2. The van der Waals surface area contributed by atoms with Crippen LogP contribution >= 0.6 is 0 Å². The molecule has 28 heavy (non-hydrogen) atoms. The van der Waals surface area contributed by atoms with E-state index in [1.54, 1.807) is 24.5 Å². The number of nitrogens with zero attached hydrogens (tertiary/aromatic N) is 4. The SMILES string of the molecule is C=[S-](=O)c1ccc(Nc2nccc(-c3cn(C(C)C)c4cnccc34)n2)cc1. The van der Waals surface area contributed by atoms with E-state index in [0.717, 1.165) is 27.8 Å². The third kappa shape index (κ3) is 3.48. The van der Waals surface area contributed by atoms with Crippen molar-refractivity contribution in [3.05, 3.63) is 61.2 Å². The van der Waals surface area contributed by atoms with Gasteiger partial charge in [0.1, 0.15) is 0 Å². The van der Waals surface area contributed by atoms with Gasteiger partial charge >= 0.3 is 0 Å². The highest BCUT2D eigenvalue weighted by atomic mass is 32.2. The summed E-state index contributed by atoms with van der Waals surface area (Å²) in [5.41, 5.74) is 3.78. The number of rotatable bonds is 5. The molecule has 0 spiro atoms. The Morgan fingerprint density at radius 1 is 1.11 bits per heavy atom. The van der Waals surface area contributed by atoms with Crippen LogP contribution in [0.25, 0.3) is 22.2 Å². The van der Waals surface area contributed by atoms with Gasteiger partial charge in [-0.25, -0.2) is 9.97 Å². The lowest BCUT2D eigenvalue weighted by molar-refractivity contribution is 0.603. The standard InChI is InChI=1S/C21H20N5OS/c1-14(2)26-13-18(17-8-10-22-12-20(17)26)19-9-11-23-21(25-19)24-15-4-6-16(7-5-15)28(3)27/h4-14H,3H2,1-2H3,(H,23,24,25)/q-1. The fourth-order valence-corrected chi connectivity index (χ4v) is 3.56. The quantitative estimate of drug-likeness (QED) is 0.399. The summed E-state index contributed by atoms with van der Waals surface area (Å²) in [5.74, 6) is 4.03. The van der Waals surface area contributed by atoms with Crippen molar-refractivity contribution < 1.29 is 4.21 Å². The van der Waals surface area contributed by atoms with Gasteiger partial charge in [0.25, 0.3) is 0 Å². The van der Waals surface area contributed by atoms with Crippen molar-refractivity contribution >= 4 is 38.8 Å². The smallest absolute Gasteiger partial charge is 0.227 e. The van der Waals surface area contributed by atoms with Crippen LogP contribution in [0.15, 0.2) is 66.1 Å². The molecule has 3 aromatic heterocycles. The first-order valence-electron chi connectivity index (χ1n) is 8.89. The summed E-state index contributed by atoms with van der Waals surface area (Å²) in [7, 11) is -1.24. The molecule has 1 aromatic carbocycles. The molecule has 0 fully saturated rings. The molecule has 142 valence electrons. The molecule has 0 atom stereocenters. The van der Waals surface area contributed by atoms with Crippen LogP contribution in [0, 0.1) is 0 Å². The number of hydrogen-bond donors (Lipinski definition) is 1. The average Bonchev–Trinajstić information content (AvgIpc) is 3.09. The largest absolute Gasteiger partial charge is 0.457 e. The number of hydrogen-bond acceptors (Lipinski definition) is 6. The van der Waals surface area contributed by atoms with Crippen LogP contribution < -0.4 is 5.32 Å². The maximum Gasteiger partial charge on any atom is 0.227 e. The fourth-order valence-electron chi connectivity index (χ4n) is 3.12. The molecule has 0 saturated heterocycles. The third-order valence-corrected chi connectivity index (χ3v) is 5.30. The Hall–Kier alpha value is -3.19. The van der Waals surface area contributed by atoms with E-state index >= 15 is 0 Å². The highest BCUT2D eigenvalue weighted by Gasteiger charge is 2.13. The first kappa shape index (κ1) is 18.2.